The van der Waals surface area contributed by atoms with Crippen LogP contribution in [0.2, 0.25) is 0 Å². The van der Waals surface area contributed by atoms with Crippen molar-refractivity contribution in [3.05, 3.63) is 17.1 Å². The van der Waals surface area contributed by atoms with Crippen LogP contribution in [0.3, 0.4) is 0 Å². The number of nitrogens with zero attached hydrogens (tertiary/aromatic N) is 3. The second-order valence-electron chi connectivity index (χ2n) is 5.01. The number of aromatic nitrogens is 2. The lowest BCUT2D eigenvalue weighted by Gasteiger charge is -2.30. The van der Waals surface area contributed by atoms with Crippen molar-refractivity contribution in [2.45, 2.75) is 33.6 Å². The van der Waals surface area contributed by atoms with Crippen LogP contribution < -0.4 is 10.2 Å². The summed E-state index contributed by atoms with van der Waals surface area (Å²) in [4.78, 5) is 11.7. The quantitative estimate of drug-likeness (QED) is 0.844. The van der Waals surface area contributed by atoms with Gasteiger partial charge in [-0.2, -0.15) is 0 Å². The molecule has 0 spiro atoms. The number of aryl methyl sites for hydroxylation is 1. The van der Waals surface area contributed by atoms with Gasteiger partial charge >= 0.3 is 0 Å². The van der Waals surface area contributed by atoms with Gasteiger partial charge in [0.2, 0.25) is 0 Å². The van der Waals surface area contributed by atoms with Gasteiger partial charge in [0.05, 0.1) is 0 Å². The highest BCUT2D eigenvalue weighted by atomic mass is 15.2. The molecule has 0 atom stereocenters. The van der Waals surface area contributed by atoms with Gasteiger partial charge in [0.15, 0.2) is 0 Å². The molecular weight excluding hydrogens is 212 g/mol. The van der Waals surface area contributed by atoms with Crippen molar-refractivity contribution >= 4 is 5.82 Å². The van der Waals surface area contributed by atoms with E-state index in [1.54, 1.807) is 0 Å². The summed E-state index contributed by atoms with van der Waals surface area (Å²) in [7, 11) is 0. The van der Waals surface area contributed by atoms with E-state index in [2.05, 4.69) is 42.9 Å². The Morgan fingerprint density at radius 3 is 2.35 bits per heavy atom. The standard InChI is InChI=1S/C13H22N4/c1-9(2)12-15-11(4)10(3)13(16-12)17-7-5-14-6-8-17/h9,14H,5-8H2,1-4H3. The summed E-state index contributed by atoms with van der Waals surface area (Å²) in [6.07, 6.45) is 0. The van der Waals surface area contributed by atoms with Crippen molar-refractivity contribution in [3.8, 4) is 0 Å². The van der Waals surface area contributed by atoms with Gasteiger partial charge in [0, 0.05) is 43.4 Å². The fraction of sp³-hybridized carbons (Fsp3) is 0.692. The minimum Gasteiger partial charge on any atom is -0.354 e. The fourth-order valence-corrected chi connectivity index (χ4v) is 2.08. The summed E-state index contributed by atoms with van der Waals surface area (Å²) in [6, 6.07) is 0. The average Bonchev–Trinajstić information content (AvgIpc) is 2.33. The van der Waals surface area contributed by atoms with Crippen molar-refractivity contribution in [1.29, 1.82) is 0 Å². The molecule has 0 saturated carbocycles. The van der Waals surface area contributed by atoms with E-state index >= 15 is 0 Å². The average molecular weight is 234 g/mol. The van der Waals surface area contributed by atoms with Crippen LogP contribution in [0.4, 0.5) is 5.82 Å². The lowest BCUT2D eigenvalue weighted by atomic mass is 10.1. The van der Waals surface area contributed by atoms with Crippen LogP contribution in [0, 0.1) is 13.8 Å². The lowest BCUT2D eigenvalue weighted by Crippen LogP contribution is -2.44. The number of anilines is 1. The number of hydrogen-bond acceptors (Lipinski definition) is 4. The van der Waals surface area contributed by atoms with E-state index in [0.717, 1.165) is 43.5 Å². The summed E-state index contributed by atoms with van der Waals surface area (Å²) < 4.78 is 0. The maximum absolute atomic E-state index is 4.74. The first-order valence-corrected chi connectivity index (χ1v) is 6.40. The first-order chi connectivity index (χ1) is 8.09. The molecule has 1 aromatic heterocycles. The third-order valence-electron chi connectivity index (χ3n) is 3.31. The van der Waals surface area contributed by atoms with Crippen molar-refractivity contribution < 1.29 is 0 Å². The SMILES string of the molecule is Cc1nc(C(C)C)nc(N2CCNCC2)c1C. The molecule has 17 heavy (non-hydrogen) atoms. The predicted octanol–water partition coefficient (Wildman–Crippen LogP) is 1.63. The highest BCUT2D eigenvalue weighted by molar-refractivity contribution is 5.48. The summed E-state index contributed by atoms with van der Waals surface area (Å²) in [5.41, 5.74) is 2.33. The third-order valence-corrected chi connectivity index (χ3v) is 3.31. The Bertz CT molecular complexity index is 395. The van der Waals surface area contributed by atoms with Crippen LogP contribution in [0.25, 0.3) is 0 Å². The molecular formula is C13H22N4. The van der Waals surface area contributed by atoms with Gasteiger partial charge in [-0.1, -0.05) is 13.8 Å². The monoisotopic (exact) mass is 234 g/mol. The molecule has 1 fully saturated rings. The molecule has 2 rings (SSSR count). The van der Waals surface area contributed by atoms with Crippen molar-refractivity contribution in [1.82, 2.24) is 15.3 Å². The largest absolute Gasteiger partial charge is 0.354 e. The van der Waals surface area contributed by atoms with Crippen molar-refractivity contribution in [3.63, 3.8) is 0 Å². The van der Waals surface area contributed by atoms with Gasteiger partial charge in [-0.3, -0.25) is 0 Å². The molecule has 0 bridgehead atoms. The molecule has 1 N–H and O–H groups in total. The molecule has 1 aromatic rings. The van der Waals surface area contributed by atoms with E-state index in [9.17, 15) is 0 Å². The zero-order valence-electron chi connectivity index (χ0n) is 11.2. The smallest absolute Gasteiger partial charge is 0.135 e. The molecule has 1 saturated heterocycles. The Morgan fingerprint density at radius 2 is 1.76 bits per heavy atom. The summed E-state index contributed by atoms with van der Waals surface area (Å²) in [5.74, 6) is 2.47. The van der Waals surface area contributed by atoms with Gasteiger partial charge < -0.3 is 10.2 Å². The molecule has 0 amide bonds. The number of hydrogen-bond donors (Lipinski definition) is 1. The van der Waals surface area contributed by atoms with Crippen LogP contribution in [0.5, 0.6) is 0 Å². The van der Waals surface area contributed by atoms with Gasteiger partial charge in [0.1, 0.15) is 11.6 Å². The van der Waals surface area contributed by atoms with Gasteiger partial charge in [-0.05, 0) is 13.8 Å². The Kier molecular flexibility index (Phi) is 3.62. The van der Waals surface area contributed by atoms with E-state index in [4.69, 9.17) is 4.98 Å². The number of rotatable bonds is 2. The summed E-state index contributed by atoms with van der Waals surface area (Å²) in [6.45, 7) is 12.6. The molecule has 4 nitrogen and oxygen atoms in total. The molecule has 4 heteroatoms. The van der Waals surface area contributed by atoms with Crippen molar-refractivity contribution in [2.75, 3.05) is 31.1 Å². The molecule has 0 aromatic carbocycles. The van der Waals surface area contributed by atoms with Crippen LogP contribution in [0.1, 0.15) is 36.8 Å². The molecule has 0 radical (unpaired) electrons. The molecule has 1 aliphatic rings. The Balaban J connectivity index is 2.36. The van der Waals surface area contributed by atoms with Crippen molar-refractivity contribution in [2.24, 2.45) is 0 Å². The highest BCUT2D eigenvalue weighted by Gasteiger charge is 2.17. The molecule has 0 aliphatic carbocycles. The normalized spacial score (nSPS) is 16.6. The molecule has 94 valence electrons. The minimum absolute atomic E-state index is 0.385. The zero-order chi connectivity index (χ0) is 12.4. The minimum atomic E-state index is 0.385. The first kappa shape index (κ1) is 12.3. The van der Waals surface area contributed by atoms with E-state index < -0.39 is 0 Å². The van der Waals surface area contributed by atoms with E-state index in [-0.39, 0.29) is 0 Å². The first-order valence-electron chi connectivity index (χ1n) is 6.40. The summed E-state index contributed by atoms with van der Waals surface area (Å²) >= 11 is 0. The van der Waals surface area contributed by atoms with E-state index in [0.29, 0.717) is 5.92 Å². The van der Waals surface area contributed by atoms with Gasteiger partial charge in [-0.15, -0.1) is 0 Å². The van der Waals surface area contributed by atoms with Gasteiger partial charge in [0.25, 0.3) is 0 Å². The van der Waals surface area contributed by atoms with E-state index in [1.165, 1.54) is 5.56 Å². The second-order valence-corrected chi connectivity index (χ2v) is 5.01. The van der Waals surface area contributed by atoms with Crippen LogP contribution in [-0.2, 0) is 0 Å². The molecule has 2 heterocycles. The lowest BCUT2D eigenvalue weighted by molar-refractivity contribution is 0.580. The van der Waals surface area contributed by atoms with Crippen LogP contribution in [-0.4, -0.2) is 36.1 Å². The predicted molar refractivity (Wildman–Crippen MR) is 70.7 cm³/mol. The topological polar surface area (TPSA) is 41.1 Å². The Labute approximate surface area is 103 Å². The second kappa shape index (κ2) is 5.00. The molecule has 1 aliphatic heterocycles. The number of piperazine rings is 1. The van der Waals surface area contributed by atoms with Crippen LogP contribution >= 0.6 is 0 Å². The fourth-order valence-electron chi connectivity index (χ4n) is 2.08. The highest BCUT2D eigenvalue weighted by Crippen LogP contribution is 2.22. The maximum Gasteiger partial charge on any atom is 0.135 e. The molecule has 0 unspecified atom stereocenters. The van der Waals surface area contributed by atoms with Crippen LogP contribution in [0.15, 0.2) is 0 Å². The Hall–Kier alpha value is -1.16. The summed E-state index contributed by atoms with van der Waals surface area (Å²) in [5, 5.41) is 3.37. The zero-order valence-corrected chi connectivity index (χ0v) is 11.2. The maximum atomic E-state index is 4.74. The number of nitrogens with one attached hydrogen (secondary N) is 1. The van der Waals surface area contributed by atoms with Gasteiger partial charge in [-0.25, -0.2) is 9.97 Å². The Morgan fingerprint density at radius 1 is 1.12 bits per heavy atom. The van der Waals surface area contributed by atoms with E-state index in [1.807, 2.05) is 0 Å². The third kappa shape index (κ3) is 2.57.